The monoisotopic (exact) mass is 246 g/mol. The predicted molar refractivity (Wildman–Crippen MR) is 67.3 cm³/mol. The average molecular weight is 246 g/mol. The molecule has 0 aliphatic rings. The normalized spacial score (nSPS) is 12.6. The highest BCUT2D eigenvalue weighted by Crippen LogP contribution is 2.02. The molecule has 17 heavy (non-hydrogen) atoms. The lowest BCUT2D eigenvalue weighted by Gasteiger charge is -2.17. The van der Waals surface area contributed by atoms with Crippen LogP contribution in [0.1, 0.15) is 39.5 Å². The van der Waals surface area contributed by atoms with Gasteiger partial charge in [0.15, 0.2) is 0 Å². The molecule has 0 radical (unpaired) electrons. The molecule has 0 spiro atoms. The van der Waals surface area contributed by atoms with Crippen LogP contribution in [-0.4, -0.2) is 45.4 Å². The van der Waals surface area contributed by atoms with Gasteiger partial charge >= 0.3 is 0 Å². The quantitative estimate of drug-likeness (QED) is 0.369. The van der Waals surface area contributed by atoms with Gasteiger partial charge in [0.05, 0.1) is 13.2 Å². The average Bonchev–Trinajstić information content (AvgIpc) is 2.35. The highest BCUT2D eigenvalue weighted by atomic mass is 16.6. The molecule has 4 nitrogen and oxygen atoms in total. The van der Waals surface area contributed by atoms with E-state index in [4.69, 9.17) is 14.2 Å². The summed E-state index contributed by atoms with van der Waals surface area (Å²) in [6, 6.07) is 0. The lowest BCUT2D eigenvalue weighted by Crippen LogP contribution is -2.26. The minimum atomic E-state index is -0.0588. The van der Waals surface area contributed by atoms with Crippen molar-refractivity contribution in [2.75, 3.05) is 33.0 Å². The Morgan fingerprint density at radius 2 is 1.82 bits per heavy atom. The van der Waals surface area contributed by atoms with Crippen molar-refractivity contribution in [3.8, 4) is 0 Å². The Bertz CT molecular complexity index is 161. The Balaban J connectivity index is 3.56. The van der Waals surface area contributed by atoms with Crippen molar-refractivity contribution in [1.29, 1.82) is 0 Å². The van der Waals surface area contributed by atoms with Crippen LogP contribution < -0.4 is 0 Å². The zero-order valence-electron chi connectivity index (χ0n) is 11.2. The number of carbonyl (C=O) groups is 1. The second-order valence-corrected chi connectivity index (χ2v) is 3.92. The fourth-order valence-corrected chi connectivity index (χ4v) is 1.42. The first kappa shape index (κ1) is 16.6. The number of unbranched alkanes of at least 4 members (excludes halogenated alkanes) is 3. The molecule has 4 heteroatoms. The molecule has 0 aromatic heterocycles. The molecule has 0 rings (SSSR count). The minimum absolute atomic E-state index is 0.0588. The van der Waals surface area contributed by atoms with E-state index in [2.05, 4.69) is 6.92 Å². The second-order valence-electron chi connectivity index (χ2n) is 3.92. The lowest BCUT2D eigenvalue weighted by molar-refractivity contribution is -0.114. The summed E-state index contributed by atoms with van der Waals surface area (Å²) in [6.45, 7) is 6.62. The van der Waals surface area contributed by atoms with Crippen LogP contribution in [-0.2, 0) is 19.0 Å². The molecule has 0 aliphatic carbocycles. The topological polar surface area (TPSA) is 44.8 Å². The number of aldehydes is 1. The summed E-state index contributed by atoms with van der Waals surface area (Å²) in [4.78, 5) is 10.1. The molecule has 0 saturated heterocycles. The van der Waals surface area contributed by atoms with E-state index in [1.54, 1.807) is 0 Å². The van der Waals surface area contributed by atoms with Crippen molar-refractivity contribution in [3.63, 3.8) is 0 Å². The lowest BCUT2D eigenvalue weighted by atomic mass is 10.2. The summed E-state index contributed by atoms with van der Waals surface area (Å²) >= 11 is 0. The van der Waals surface area contributed by atoms with Gasteiger partial charge in [-0.1, -0.05) is 26.2 Å². The van der Waals surface area contributed by atoms with Gasteiger partial charge in [0.1, 0.15) is 19.0 Å². The summed E-state index contributed by atoms with van der Waals surface area (Å²) in [5.41, 5.74) is 0. The molecular weight excluding hydrogens is 220 g/mol. The Kier molecular flexibility index (Phi) is 13.3. The van der Waals surface area contributed by atoms with Crippen LogP contribution in [0, 0.1) is 0 Å². The van der Waals surface area contributed by atoms with Crippen LogP contribution in [0.3, 0.4) is 0 Å². The fraction of sp³-hybridized carbons (Fsp3) is 0.923. The van der Waals surface area contributed by atoms with Gasteiger partial charge in [-0.05, 0) is 13.3 Å². The van der Waals surface area contributed by atoms with Gasteiger partial charge in [-0.3, -0.25) is 0 Å². The Hall–Kier alpha value is -0.450. The van der Waals surface area contributed by atoms with E-state index in [0.29, 0.717) is 19.8 Å². The molecule has 0 aromatic carbocycles. The van der Waals surface area contributed by atoms with Gasteiger partial charge in [-0.25, -0.2) is 0 Å². The molecule has 0 heterocycles. The smallest absolute Gasteiger partial charge is 0.145 e. The maximum atomic E-state index is 10.1. The van der Waals surface area contributed by atoms with Crippen LogP contribution in [0.4, 0.5) is 0 Å². The summed E-state index contributed by atoms with van der Waals surface area (Å²) in [5.74, 6) is 0. The number of hydrogen-bond acceptors (Lipinski definition) is 4. The maximum Gasteiger partial charge on any atom is 0.145 e. The number of hydrogen-bond donors (Lipinski definition) is 0. The van der Waals surface area contributed by atoms with Gasteiger partial charge < -0.3 is 19.0 Å². The number of rotatable bonds is 13. The molecule has 0 saturated carbocycles. The van der Waals surface area contributed by atoms with Gasteiger partial charge in [0, 0.05) is 13.2 Å². The number of ether oxygens (including phenoxy) is 3. The third-order valence-electron chi connectivity index (χ3n) is 2.35. The Labute approximate surface area is 105 Å². The van der Waals surface area contributed by atoms with Crippen molar-refractivity contribution >= 4 is 6.29 Å². The minimum Gasteiger partial charge on any atom is -0.379 e. The van der Waals surface area contributed by atoms with Crippen molar-refractivity contribution in [2.24, 2.45) is 0 Å². The molecule has 0 fully saturated rings. The first-order valence-electron chi connectivity index (χ1n) is 6.55. The number of carbonyl (C=O) groups excluding carboxylic acids is 1. The van der Waals surface area contributed by atoms with E-state index in [1.807, 2.05) is 6.92 Å². The van der Waals surface area contributed by atoms with E-state index < -0.39 is 0 Å². The highest BCUT2D eigenvalue weighted by Gasteiger charge is 2.09. The van der Waals surface area contributed by atoms with E-state index >= 15 is 0 Å². The standard InChI is InChI=1S/C13H26O4/c1-3-5-6-7-9-17-13(11-15-4-2)12-16-10-8-14/h8,13H,3-7,9-12H2,1-2H3. The molecule has 0 aliphatic heterocycles. The van der Waals surface area contributed by atoms with Gasteiger partial charge in [0.25, 0.3) is 0 Å². The molecule has 0 N–H and O–H groups in total. The van der Waals surface area contributed by atoms with E-state index in [-0.39, 0.29) is 12.7 Å². The van der Waals surface area contributed by atoms with Crippen molar-refractivity contribution < 1.29 is 19.0 Å². The summed E-state index contributed by atoms with van der Waals surface area (Å²) in [6.07, 6.45) is 5.44. The maximum absolute atomic E-state index is 10.1. The SMILES string of the molecule is CCCCCCOC(COCC)COCC=O. The van der Waals surface area contributed by atoms with Gasteiger partial charge in [0.2, 0.25) is 0 Å². The van der Waals surface area contributed by atoms with Crippen LogP contribution in [0.15, 0.2) is 0 Å². The second kappa shape index (κ2) is 13.6. The van der Waals surface area contributed by atoms with E-state index in [0.717, 1.165) is 19.3 Å². The first-order valence-corrected chi connectivity index (χ1v) is 6.55. The highest BCUT2D eigenvalue weighted by molar-refractivity contribution is 5.50. The molecule has 0 bridgehead atoms. The molecule has 1 atom stereocenters. The van der Waals surface area contributed by atoms with Crippen LogP contribution in [0.2, 0.25) is 0 Å². The Morgan fingerprint density at radius 1 is 1.06 bits per heavy atom. The third kappa shape index (κ3) is 11.8. The Morgan fingerprint density at radius 3 is 2.47 bits per heavy atom. The van der Waals surface area contributed by atoms with Crippen molar-refractivity contribution in [3.05, 3.63) is 0 Å². The van der Waals surface area contributed by atoms with Gasteiger partial charge in [-0.15, -0.1) is 0 Å². The van der Waals surface area contributed by atoms with E-state index in [1.165, 1.54) is 19.3 Å². The van der Waals surface area contributed by atoms with Crippen LogP contribution >= 0.6 is 0 Å². The predicted octanol–water partition coefficient (Wildman–Crippen LogP) is 2.20. The molecule has 0 aromatic rings. The fourth-order valence-electron chi connectivity index (χ4n) is 1.42. The molecule has 102 valence electrons. The molecule has 1 unspecified atom stereocenters. The first-order chi connectivity index (χ1) is 8.35. The molecule has 0 amide bonds. The largest absolute Gasteiger partial charge is 0.379 e. The van der Waals surface area contributed by atoms with Crippen LogP contribution in [0.5, 0.6) is 0 Å². The van der Waals surface area contributed by atoms with Gasteiger partial charge in [-0.2, -0.15) is 0 Å². The summed E-state index contributed by atoms with van der Waals surface area (Å²) in [5, 5.41) is 0. The third-order valence-corrected chi connectivity index (χ3v) is 2.35. The zero-order chi connectivity index (χ0) is 12.8. The molecular formula is C13H26O4. The summed E-state index contributed by atoms with van der Waals surface area (Å²) < 4.78 is 16.1. The summed E-state index contributed by atoms with van der Waals surface area (Å²) in [7, 11) is 0. The van der Waals surface area contributed by atoms with Crippen molar-refractivity contribution in [1.82, 2.24) is 0 Å². The zero-order valence-corrected chi connectivity index (χ0v) is 11.2. The van der Waals surface area contributed by atoms with Crippen LogP contribution in [0.25, 0.3) is 0 Å². The van der Waals surface area contributed by atoms with E-state index in [9.17, 15) is 4.79 Å². The van der Waals surface area contributed by atoms with Crippen molar-refractivity contribution in [2.45, 2.75) is 45.6 Å².